The second kappa shape index (κ2) is 1.97. The molecule has 1 aromatic rings. The summed E-state index contributed by atoms with van der Waals surface area (Å²) in [6.45, 7) is 0. The average molecular weight is 135 g/mol. The lowest BCUT2D eigenvalue weighted by molar-refractivity contribution is 0.0968. The van der Waals surface area contributed by atoms with Gasteiger partial charge in [-0.1, -0.05) is 0 Å². The maximum Gasteiger partial charge on any atom is 0.167 e. The summed E-state index contributed by atoms with van der Waals surface area (Å²) in [6.07, 6.45) is 5.73. The Kier molecular flexibility index (Phi) is 1.13. The first-order chi connectivity index (χ1) is 4.88. The van der Waals surface area contributed by atoms with Crippen molar-refractivity contribution in [1.29, 1.82) is 0 Å². The lowest BCUT2D eigenvalue weighted by Crippen LogP contribution is -1.98. The molecule has 0 aromatic carbocycles. The fourth-order valence-corrected chi connectivity index (χ4v) is 1.06. The van der Waals surface area contributed by atoms with E-state index >= 15 is 0 Å². The van der Waals surface area contributed by atoms with Crippen molar-refractivity contribution in [3.8, 4) is 0 Å². The molecule has 2 rings (SSSR count). The second-order valence-corrected chi connectivity index (χ2v) is 2.74. The van der Waals surface area contributed by atoms with Crippen LogP contribution in [0.1, 0.15) is 23.2 Å². The van der Waals surface area contributed by atoms with Gasteiger partial charge >= 0.3 is 0 Å². The van der Waals surface area contributed by atoms with Crippen LogP contribution in [0, 0.1) is 5.92 Å². The zero-order chi connectivity index (χ0) is 6.97. The monoisotopic (exact) mass is 135 g/mol. The number of nitrogens with one attached hydrogen (secondary N) is 1. The molecule has 0 amide bonds. The summed E-state index contributed by atoms with van der Waals surface area (Å²) >= 11 is 0. The molecule has 2 nitrogen and oxygen atoms in total. The Morgan fingerprint density at radius 1 is 1.60 bits per heavy atom. The molecule has 0 aliphatic heterocycles. The molecule has 0 radical (unpaired) electrons. The van der Waals surface area contributed by atoms with Crippen LogP contribution in [0.5, 0.6) is 0 Å². The van der Waals surface area contributed by atoms with Gasteiger partial charge in [0.05, 0.1) is 0 Å². The average Bonchev–Trinajstić information content (AvgIpc) is 2.65. The minimum atomic E-state index is 0.307. The minimum Gasteiger partial charge on any atom is -0.367 e. The third-order valence-electron chi connectivity index (χ3n) is 1.83. The highest BCUT2D eigenvalue weighted by Gasteiger charge is 2.30. The zero-order valence-corrected chi connectivity index (χ0v) is 5.63. The molecular weight excluding hydrogens is 126 g/mol. The van der Waals surface area contributed by atoms with Gasteiger partial charge in [0.15, 0.2) is 5.78 Å². The van der Waals surface area contributed by atoms with Crippen LogP contribution in [0.4, 0.5) is 0 Å². The summed E-state index contributed by atoms with van der Waals surface area (Å²) in [7, 11) is 0. The molecule has 1 aliphatic carbocycles. The van der Waals surface area contributed by atoms with Crippen molar-refractivity contribution in [2.24, 2.45) is 5.92 Å². The van der Waals surface area contributed by atoms with Gasteiger partial charge in [0.1, 0.15) is 0 Å². The second-order valence-electron chi connectivity index (χ2n) is 2.74. The third kappa shape index (κ3) is 0.856. The van der Waals surface area contributed by atoms with Crippen LogP contribution in [0.2, 0.25) is 0 Å². The molecule has 1 aromatic heterocycles. The maximum absolute atomic E-state index is 11.2. The van der Waals surface area contributed by atoms with Gasteiger partial charge in [-0.15, -0.1) is 0 Å². The predicted octanol–water partition coefficient (Wildman–Crippen LogP) is 1.61. The van der Waals surface area contributed by atoms with Crippen molar-refractivity contribution in [3.05, 3.63) is 24.0 Å². The van der Waals surface area contributed by atoms with E-state index < -0.39 is 0 Å². The van der Waals surface area contributed by atoms with E-state index in [1.54, 1.807) is 12.4 Å². The molecule has 1 N–H and O–H groups in total. The topological polar surface area (TPSA) is 32.9 Å². The normalized spacial score (nSPS) is 17.2. The van der Waals surface area contributed by atoms with Crippen LogP contribution in [0.3, 0.4) is 0 Å². The van der Waals surface area contributed by atoms with Crippen LogP contribution in [-0.2, 0) is 0 Å². The molecular formula is C8H9NO. The molecule has 0 spiro atoms. The summed E-state index contributed by atoms with van der Waals surface area (Å²) in [5, 5.41) is 0. The van der Waals surface area contributed by atoms with E-state index in [9.17, 15) is 4.79 Å². The Balaban J connectivity index is 2.19. The fourth-order valence-electron chi connectivity index (χ4n) is 1.06. The van der Waals surface area contributed by atoms with Gasteiger partial charge in [0.25, 0.3) is 0 Å². The van der Waals surface area contributed by atoms with E-state index in [0.717, 1.165) is 18.4 Å². The minimum absolute atomic E-state index is 0.307. The van der Waals surface area contributed by atoms with E-state index in [1.165, 1.54) is 0 Å². The first kappa shape index (κ1) is 5.71. The highest BCUT2D eigenvalue weighted by atomic mass is 16.1. The molecule has 1 heterocycles. The molecule has 0 atom stereocenters. The molecule has 0 saturated heterocycles. The van der Waals surface area contributed by atoms with E-state index in [1.807, 2.05) is 6.07 Å². The summed E-state index contributed by atoms with van der Waals surface area (Å²) in [5.41, 5.74) is 0.836. The van der Waals surface area contributed by atoms with Crippen LogP contribution in [-0.4, -0.2) is 10.8 Å². The van der Waals surface area contributed by atoms with Gasteiger partial charge in [-0.25, -0.2) is 0 Å². The number of carbonyl (C=O) groups is 1. The van der Waals surface area contributed by atoms with Crippen LogP contribution in [0.15, 0.2) is 18.5 Å². The third-order valence-corrected chi connectivity index (χ3v) is 1.83. The predicted molar refractivity (Wildman–Crippen MR) is 37.8 cm³/mol. The molecule has 10 heavy (non-hydrogen) atoms. The summed E-state index contributed by atoms with van der Waals surface area (Å²) < 4.78 is 0. The van der Waals surface area contributed by atoms with Gasteiger partial charge in [-0.2, -0.15) is 0 Å². The highest BCUT2D eigenvalue weighted by Crippen LogP contribution is 2.32. The molecule has 1 fully saturated rings. The number of hydrogen-bond donors (Lipinski definition) is 1. The van der Waals surface area contributed by atoms with Crippen molar-refractivity contribution in [1.82, 2.24) is 4.98 Å². The number of hydrogen-bond acceptors (Lipinski definition) is 1. The summed E-state index contributed by atoms with van der Waals surface area (Å²) in [6, 6.07) is 1.83. The Hall–Kier alpha value is -1.05. The Morgan fingerprint density at radius 3 is 2.90 bits per heavy atom. The van der Waals surface area contributed by atoms with Crippen molar-refractivity contribution in [2.45, 2.75) is 12.8 Å². The standard InChI is InChI=1S/C8H9NO/c10-8(6-1-2-6)7-3-4-9-5-7/h3-6,9H,1-2H2. The fraction of sp³-hybridized carbons (Fsp3) is 0.375. The Morgan fingerprint density at radius 2 is 2.40 bits per heavy atom. The lowest BCUT2D eigenvalue weighted by atomic mass is 10.1. The molecule has 0 bridgehead atoms. The number of H-pyrrole nitrogens is 1. The molecule has 52 valence electrons. The number of rotatable bonds is 2. The first-order valence-corrected chi connectivity index (χ1v) is 3.55. The zero-order valence-electron chi connectivity index (χ0n) is 5.63. The highest BCUT2D eigenvalue weighted by molar-refractivity contribution is 5.99. The van der Waals surface area contributed by atoms with Crippen LogP contribution < -0.4 is 0 Å². The molecule has 1 aliphatic rings. The summed E-state index contributed by atoms with van der Waals surface area (Å²) in [5.74, 6) is 0.650. The smallest absolute Gasteiger partial charge is 0.167 e. The van der Waals surface area contributed by atoms with Crippen LogP contribution >= 0.6 is 0 Å². The van der Waals surface area contributed by atoms with E-state index in [-0.39, 0.29) is 0 Å². The number of ketones is 1. The van der Waals surface area contributed by atoms with Crippen LogP contribution in [0.25, 0.3) is 0 Å². The SMILES string of the molecule is O=C(c1cc[nH]c1)C1CC1. The molecule has 2 heteroatoms. The van der Waals surface area contributed by atoms with Gasteiger partial charge in [-0.3, -0.25) is 4.79 Å². The summed E-state index contributed by atoms with van der Waals surface area (Å²) in [4.78, 5) is 14.1. The maximum atomic E-state index is 11.2. The Labute approximate surface area is 59.3 Å². The first-order valence-electron chi connectivity index (χ1n) is 3.55. The largest absolute Gasteiger partial charge is 0.367 e. The number of aromatic nitrogens is 1. The van der Waals surface area contributed by atoms with Crippen molar-refractivity contribution < 1.29 is 4.79 Å². The number of Topliss-reactive ketones (excluding diaryl/α,β-unsaturated/α-hetero) is 1. The quantitative estimate of drug-likeness (QED) is 0.614. The van der Waals surface area contributed by atoms with Gasteiger partial charge in [0, 0.05) is 23.9 Å². The lowest BCUT2D eigenvalue weighted by Gasteiger charge is -1.89. The number of carbonyl (C=O) groups excluding carboxylic acids is 1. The Bertz CT molecular complexity index is 234. The number of aromatic amines is 1. The van der Waals surface area contributed by atoms with Crippen molar-refractivity contribution in [2.75, 3.05) is 0 Å². The molecule has 0 unspecified atom stereocenters. The van der Waals surface area contributed by atoms with Crippen molar-refractivity contribution >= 4 is 5.78 Å². The van der Waals surface area contributed by atoms with Gasteiger partial charge in [0.2, 0.25) is 0 Å². The van der Waals surface area contributed by atoms with Crippen molar-refractivity contribution in [3.63, 3.8) is 0 Å². The van der Waals surface area contributed by atoms with E-state index in [4.69, 9.17) is 0 Å². The van der Waals surface area contributed by atoms with Gasteiger partial charge < -0.3 is 4.98 Å². The van der Waals surface area contributed by atoms with Gasteiger partial charge in [-0.05, 0) is 18.9 Å². The van der Waals surface area contributed by atoms with E-state index in [0.29, 0.717) is 11.7 Å². The van der Waals surface area contributed by atoms with E-state index in [2.05, 4.69) is 4.98 Å². The molecule has 1 saturated carbocycles.